The SMILES string of the molecule is CC1C=CC(c2ccc(Cl)cc2)(C2CC2)c2c1n(C)c1ccccc21. The van der Waals surface area contributed by atoms with Gasteiger partial charge in [0.25, 0.3) is 0 Å². The predicted octanol–water partition coefficient (Wildman–Crippen LogP) is 6.20. The van der Waals surface area contributed by atoms with Gasteiger partial charge in [0.15, 0.2) is 0 Å². The van der Waals surface area contributed by atoms with Crippen molar-refractivity contribution in [3.63, 3.8) is 0 Å². The average Bonchev–Trinajstić information content (AvgIpc) is 3.43. The molecule has 1 heterocycles. The van der Waals surface area contributed by atoms with Crippen LogP contribution in [0.5, 0.6) is 0 Å². The van der Waals surface area contributed by atoms with Crippen molar-refractivity contribution in [3.05, 3.63) is 82.5 Å². The lowest BCUT2D eigenvalue weighted by atomic mass is 9.65. The molecule has 2 aliphatic rings. The summed E-state index contributed by atoms with van der Waals surface area (Å²) >= 11 is 6.19. The molecule has 0 saturated heterocycles. The highest BCUT2D eigenvalue weighted by Gasteiger charge is 2.50. The fraction of sp³-hybridized carbons (Fsp3) is 0.304. The van der Waals surface area contributed by atoms with Gasteiger partial charge < -0.3 is 4.57 Å². The van der Waals surface area contributed by atoms with Crippen molar-refractivity contribution in [2.24, 2.45) is 13.0 Å². The van der Waals surface area contributed by atoms with Gasteiger partial charge in [0.1, 0.15) is 0 Å². The molecule has 3 aromatic rings. The number of para-hydroxylation sites is 1. The molecule has 0 bridgehead atoms. The van der Waals surface area contributed by atoms with Crippen molar-refractivity contribution in [2.45, 2.75) is 31.1 Å². The van der Waals surface area contributed by atoms with Crippen LogP contribution in [-0.4, -0.2) is 4.57 Å². The van der Waals surface area contributed by atoms with Gasteiger partial charge >= 0.3 is 0 Å². The molecule has 0 N–H and O–H groups in total. The van der Waals surface area contributed by atoms with E-state index in [9.17, 15) is 0 Å². The maximum Gasteiger partial charge on any atom is 0.0483 e. The summed E-state index contributed by atoms with van der Waals surface area (Å²) in [6, 6.07) is 17.4. The van der Waals surface area contributed by atoms with Gasteiger partial charge in [-0.2, -0.15) is 0 Å². The fourth-order valence-electron chi connectivity index (χ4n) is 4.93. The number of halogens is 1. The number of hydrogen-bond donors (Lipinski definition) is 0. The first kappa shape index (κ1) is 15.3. The van der Waals surface area contributed by atoms with Crippen molar-refractivity contribution in [2.75, 3.05) is 0 Å². The second-order valence-corrected chi connectivity index (χ2v) is 8.07. The molecule has 1 saturated carbocycles. The highest BCUT2D eigenvalue weighted by atomic mass is 35.5. The third-order valence-electron chi connectivity index (χ3n) is 6.19. The topological polar surface area (TPSA) is 4.93 Å². The molecule has 0 spiro atoms. The zero-order valence-electron chi connectivity index (χ0n) is 14.7. The van der Waals surface area contributed by atoms with E-state index in [1.165, 1.54) is 40.6 Å². The Morgan fingerprint density at radius 2 is 1.76 bits per heavy atom. The van der Waals surface area contributed by atoms with Gasteiger partial charge in [0, 0.05) is 40.0 Å². The summed E-state index contributed by atoms with van der Waals surface area (Å²) < 4.78 is 2.41. The van der Waals surface area contributed by atoms with E-state index in [2.05, 4.69) is 67.1 Å². The Kier molecular flexibility index (Phi) is 3.21. The van der Waals surface area contributed by atoms with Gasteiger partial charge in [-0.3, -0.25) is 0 Å². The second-order valence-electron chi connectivity index (χ2n) is 7.63. The minimum absolute atomic E-state index is 0.0205. The minimum atomic E-state index is -0.0205. The molecule has 1 nitrogen and oxygen atoms in total. The summed E-state index contributed by atoms with van der Waals surface area (Å²) in [5, 5.41) is 2.21. The first-order valence-electron chi connectivity index (χ1n) is 9.16. The number of aryl methyl sites for hydroxylation is 1. The number of allylic oxidation sites excluding steroid dienone is 2. The van der Waals surface area contributed by atoms with Crippen molar-refractivity contribution in [3.8, 4) is 0 Å². The maximum absolute atomic E-state index is 6.19. The van der Waals surface area contributed by atoms with Crippen LogP contribution in [-0.2, 0) is 12.5 Å². The van der Waals surface area contributed by atoms with Crippen LogP contribution < -0.4 is 0 Å². The molecule has 5 rings (SSSR count). The molecule has 1 fully saturated rings. The van der Waals surface area contributed by atoms with Crippen LogP contribution in [0.25, 0.3) is 10.9 Å². The lowest BCUT2D eigenvalue weighted by Crippen LogP contribution is -2.32. The zero-order valence-corrected chi connectivity index (χ0v) is 15.4. The van der Waals surface area contributed by atoms with Crippen LogP contribution in [0.3, 0.4) is 0 Å². The first-order chi connectivity index (χ1) is 12.1. The normalized spacial score (nSPS) is 25.3. The summed E-state index contributed by atoms with van der Waals surface area (Å²) in [6.07, 6.45) is 7.50. The van der Waals surface area contributed by atoms with Gasteiger partial charge in [0.2, 0.25) is 0 Å². The Hall–Kier alpha value is -1.99. The van der Waals surface area contributed by atoms with E-state index in [0.717, 1.165) is 5.02 Å². The Balaban J connectivity index is 1.89. The van der Waals surface area contributed by atoms with Crippen molar-refractivity contribution >= 4 is 22.5 Å². The third kappa shape index (κ3) is 2.02. The van der Waals surface area contributed by atoms with E-state index in [4.69, 9.17) is 11.6 Å². The van der Waals surface area contributed by atoms with E-state index in [1.54, 1.807) is 0 Å². The molecular weight excluding hydrogens is 326 g/mol. The number of fused-ring (bicyclic) bond motifs is 3. The largest absolute Gasteiger partial charge is 0.347 e. The summed E-state index contributed by atoms with van der Waals surface area (Å²) in [5.74, 6) is 1.12. The van der Waals surface area contributed by atoms with Gasteiger partial charge in [-0.15, -0.1) is 0 Å². The Bertz CT molecular complexity index is 991. The van der Waals surface area contributed by atoms with Gasteiger partial charge in [-0.25, -0.2) is 0 Å². The minimum Gasteiger partial charge on any atom is -0.347 e. The molecule has 2 aromatic carbocycles. The molecule has 0 amide bonds. The summed E-state index contributed by atoms with van der Waals surface area (Å²) in [7, 11) is 2.22. The summed E-state index contributed by atoms with van der Waals surface area (Å²) in [4.78, 5) is 0. The molecule has 126 valence electrons. The highest BCUT2D eigenvalue weighted by Crippen LogP contribution is 2.58. The number of nitrogens with zero attached hydrogens (tertiary/aromatic N) is 1. The van der Waals surface area contributed by atoms with E-state index in [1.807, 2.05) is 12.1 Å². The van der Waals surface area contributed by atoms with Crippen LogP contribution in [0, 0.1) is 5.92 Å². The quantitative estimate of drug-likeness (QED) is 0.486. The Morgan fingerprint density at radius 3 is 2.48 bits per heavy atom. The van der Waals surface area contributed by atoms with E-state index < -0.39 is 0 Å². The smallest absolute Gasteiger partial charge is 0.0483 e. The lowest BCUT2D eigenvalue weighted by Gasteiger charge is -2.37. The predicted molar refractivity (Wildman–Crippen MR) is 105 cm³/mol. The molecule has 2 heteroatoms. The molecular formula is C23H22ClN. The molecule has 1 aromatic heterocycles. The van der Waals surface area contributed by atoms with Crippen LogP contribution in [0.15, 0.2) is 60.7 Å². The van der Waals surface area contributed by atoms with Gasteiger partial charge in [-0.05, 0) is 48.1 Å². The molecule has 2 unspecified atom stereocenters. The van der Waals surface area contributed by atoms with Crippen LogP contribution in [0.4, 0.5) is 0 Å². The second kappa shape index (κ2) is 5.25. The average molecular weight is 348 g/mol. The molecule has 0 aliphatic heterocycles. The number of benzene rings is 2. The molecule has 0 radical (unpaired) electrons. The number of aromatic nitrogens is 1. The van der Waals surface area contributed by atoms with E-state index in [-0.39, 0.29) is 5.41 Å². The summed E-state index contributed by atoms with van der Waals surface area (Å²) in [5.41, 5.74) is 5.67. The van der Waals surface area contributed by atoms with Crippen LogP contribution in [0.2, 0.25) is 5.02 Å². The molecule has 2 aliphatic carbocycles. The lowest BCUT2D eigenvalue weighted by molar-refractivity contribution is 0.533. The summed E-state index contributed by atoms with van der Waals surface area (Å²) in [6.45, 7) is 2.31. The van der Waals surface area contributed by atoms with Gasteiger partial charge in [0.05, 0.1) is 0 Å². The standard InChI is InChI=1S/C23H22ClN/c1-15-13-14-23(16-7-8-16,17-9-11-18(24)12-10-17)21-19-5-3-4-6-20(19)25(2)22(15)21/h3-6,9-16H,7-8H2,1-2H3. The number of rotatable bonds is 2. The molecule has 25 heavy (non-hydrogen) atoms. The van der Waals surface area contributed by atoms with Crippen molar-refractivity contribution in [1.82, 2.24) is 4.57 Å². The Morgan fingerprint density at radius 1 is 1.04 bits per heavy atom. The fourth-order valence-corrected chi connectivity index (χ4v) is 5.06. The molecule has 2 atom stereocenters. The maximum atomic E-state index is 6.19. The van der Waals surface area contributed by atoms with Gasteiger partial charge in [-0.1, -0.05) is 61.0 Å². The van der Waals surface area contributed by atoms with Crippen LogP contribution >= 0.6 is 11.6 Å². The monoisotopic (exact) mass is 347 g/mol. The first-order valence-corrected chi connectivity index (χ1v) is 9.54. The van der Waals surface area contributed by atoms with E-state index >= 15 is 0 Å². The number of hydrogen-bond acceptors (Lipinski definition) is 0. The zero-order chi connectivity index (χ0) is 17.2. The van der Waals surface area contributed by atoms with Crippen molar-refractivity contribution < 1.29 is 0 Å². The third-order valence-corrected chi connectivity index (χ3v) is 6.44. The highest BCUT2D eigenvalue weighted by molar-refractivity contribution is 6.30. The van der Waals surface area contributed by atoms with Crippen LogP contribution in [0.1, 0.15) is 42.5 Å². The Labute approximate surface area is 153 Å². The van der Waals surface area contributed by atoms with E-state index in [0.29, 0.717) is 11.8 Å². The van der Waals surface area contributed by atoms with Crippen molar-refractivity contribution in [1.29, 1.82) is 0 Å².